The van der Waals surface area contributed by atoms with Gasteiger partial charge in [-0.1, -0.05) is 0 Å². The quantitative estimate of drug-likeness (QED) is 0.671. The molecule has 0 spiro atoms. The Bertz CT molecular complexity index is 1020. The topological polar surface area (TPSA) is 108 Å². The highest BCUT2D eigenvalue weighted by atomic mass is 16.6. The van der Waals surface area contributed by atoms with Crippen LogP contribution in [0.15, 0.2) is 30.3 Å². The number of aryl methyl sites for hydroxylation is 1. The Kier molecular flexibility index (Phi) is 4.50. The van der Waals surface area contributed by atoms with E-state index in [1.165, 1.54) is 0 Å². The molecule has 2 aromatic heterocycles. The summed E-state index contributed by atoms with van der Waals surface area (Å²) in [6.45, 7) is 2.50. The van der Waals surface area contributed by atoms with Crippen LogP contribution in [0.25, 0.3) is 11.2 Å². The van der Waals surface area contributed by atoms with Gasteiger partial charge in [0.25, 0.3) is 6.01 Å². The summed E-state index contributed by atoms with van der Waals surface area (Å²) in [6, 6.07) is 9.51. The van der Waals surface area contributed by atoms with E-state index in [4.69, 9.17) is 23.7 Å². The van der Waals surface area contributed by atoms with Crippen molar-refractivity contribution in [2.45, 2.75) is 31.3 Å². The number of aliphatic hydroxyl groups is 1. The summed E-state index contributed by atoms with van der Waals surface area (Å²) in [5, 5.41) is 9.85. The standard InChI is InChI=1S/C20H21N3O6/c1-10-7-13-18(22-19(10)28-12-5-3-11(25-2)4-6-12)23-20(21-13)29-15-9-27-16-14(24)8-26-17(15)16/h3-7,14-17,24H,8-9H2,1-2H3,(H,21,22,23)/t14-,15-,16-,17?/m1/s1. The Hall–Kier alpha value is -2.88. The van der Waals surface area contributed by atoms with Gasteiger partial charge >= 0.3 is 0 Å². The molecule has 0 aliphatic carbocycles. The van der Waals surface area contributed by atoms with Gasteiger partial charge < -0.3 is 33.8 Å². The Morgan fingerprint density at radius 2 is 1.83 bits per heavy atom. The van der Waals surface area contributed by atoms with Crippen LogP contribution in [0, 0.1) is 6.92 Å². The lowest BCUT2D eigenvalue weighted by atomic mass is 10.1. The maximum Gasteiger partial charge on any atom is 0.296 e. The highest BCUT2D eigenvalue weighted by Gasteiger charge is 2.48. The van der Waals surface area contributed by atoms with Crippen LogP contribution in [0.1, 0.15) is 5.56 Å². The van der Waals surface area contributed by atoms with Crippen molar-refractivity contribution in [3.8, 4) is 23.4 Å². The predicted octanol–water partition coefficient (Wildman–Crippen LogP) is 1.97. The zero-order valence-electron chi connectivity index (χ0n) is 16.0. The maximum absolute atomic E-state index is 9.85. The number of aromatic nitrogens is 3. The van der Waals surface area contributed by atoms with Crippen LogP contribution in [0.3, 0.4) is 0 Å². The third-order valence-corrected chi connectivity index (χ3v) is 5.11. The third-order valence-electron chi connectivity index (χ3n) is 5.11. The largest absolute Gasteiger partial charge is 0.497 e. The summed E-state index contributed by atoms with van der Waals surface area (Å²) in [5.74, 6) is 1.87. The first kappa shape index (κ1) is 18.2. The SMILES string of the molecule is COc1ccc(Oc2nc3nc(O[C@@H]4CO[C@H]5C4OC[C@H]5O)[nH]c3cc2C)cc1. The van der Waals surface area contributed by atoms with Crippen molar-refractivity contribution < 1.29 is 28.8 Å². The summed E-state index contributed by atoms with van der Waals surface area (Å²) in [5.41, 5.74) is 2.08. The summed E-state index contributed by atoms with van der Waals surface area (Å²) in [7, 11) is 1.62. The van der Waals surface area contributed by atoms with Crippen LogP contribution in [0.5, 0.6) is 23.4 Å². The van der Waals surface area contributed by atoms with Crippen LogP contribution in [-0.4, -0.2) is 64.8 Å². The summed E-state index contributed by atoms with van der Waals surface area (Å²) < 4.78 is 28.1. The summed E-state index contributed by atoms with van der Waals surface area (Å²) in [4.78, 5) is 12.0. The van der Waals surface area contributed by atoms with Crippen molar-refractivity contribution in [3.63, 3.8) is 0 Å². The molecular weight excluding hydrogens is 378 g/mol. The molecule has 2 aliphatic heterocycles. The van der Waals surface area contributed by atoms with Crippen LogP contribution in [0.4, 0.5) is 0 Å². The lowest BCUT2D eigenvalue weighted by Crippen LogP contribution is -2.34. The summed E-state index contributed by atoms with van der Waals surface area (Å²) >= 11 is 0. The zero-order chi connectivity index (χ0) is 20.0. The molecule has 3 aromatic rings. The van der Waals surface area contributed by atoms with Crippen LogP contribution >= 0.6 is 0 Å². The number of rotatable bonds is 5. The van der Waals surface area contributed by atoms with E-state index in [2.05, 4.69) is 15.0 Å². The van der Waals surface area contributed by atoms with E-state index in [1.807, 2.05) is 37.3 Å². The first-order valence-electron chi connectivity index (χ1n) is 9.38. The molecule has 9 heteroatoms. The molecule has 2 aliphatic rings. The number of nitrogens with zero attached hydrogens (tertiary/aromatic N) is 2. The number of methoxy groups -OCH3 is 1. The number of ether oxygens (including phenoxy) is 5. The highest BCUT2D eigenvalue weighted by molar-refractivity contribution is 5.73. The Morgan fingerprint density at radius 1 is 1.07 bits per heavy atom. The molecule has 2 saturated heterocycles. The molecule has 29 heavy (non-hydrogen) atoms. The molecule has 2 fully saturated rings. The molecule has 152 valence electrons. The Morgan fingerprint density at radius 3 is 2.62 bits per heavy atom. The van der Waals surface area contributed by atoms with Gasteiger partial charge in [-0.2, -0.15) is 9.97 Å². The van der Waals surface area contributed by atoms with Crippen molar-refractivity contribution in [2.24, 2.45) is 0 Å². The van der Waals surface area contributed by atoms with Crippen LogP contribution in [0.2, 0.25) is 0 Å². The van der Waals surface area contributed by atoms with Crippen LogP contribution < -0.4 is 14.2 Å². The number of H-pyrrole nitrogens is 1. The normalized spacial score (nSPS) is 25.9. The number of aliphatic hydroxyl groups excluding tert-OH is 1. The number of fused-ring (bicyclic) bond motifs is 2. The van der Waals surface area contributed by atoms with Gasteiger partial charge in [-0.25, -0.2) is 0 Å². The number of pyridine rings is 1. The fourth-order valence-electron chi connectivity index (χ4n) is 3.61. The van der Waals surface area contributed by atoms with E-state index in [0.29, 0.717) is 29.9 Å². The molecule has 1 unspecified atom stereocenters. The maximum atomic E-state index is 9.85. The van der Waals surface area contributed by atoms with E-state index in [-0.39, 0.29) is 24.9 Å². The molecule has 0 amide bonds. The van der Waals surface area contributed by atoms with Gasteiger partial charge in [0, 0.05) is 5.56 Å². The van der Waals surface area contributed by atoms with Crippen molar-refractivity contribution in [2.75, 3.05) is 20.3 Å². The average Bonchev–Trinajstić information content (AvgIpc) is 3.40. The fourth-order valence-corrected chi connectivity index (χ4v) is 3.61. The van der Waals surface area contributed by atoms with Gasteiger partial charge in [0.15, 0.2) is 11.8 Å². The second-order valence-electron chi connectivity index (χ2n) is 7.12. The highest BCUT2D eigenvalue weighted by Crippen LogP contribution is 2.31. The fraction of sp³-hybridized carbons (Fsp3) is 0.400. The number of benzene rings is 1. The van der Waals surface area contributed by atoms with Crippen molar-refractivity contribution in [1.82, 2.24) is 15.0 Å². The number of hydrogen-bond acceptors (Lipinski definition) is 8. The van der Waals surface area contributed by atoms with Gasteiger partial charge in [-0.3, -0.25) is 0 Å². The minimum absolute atomic E-state index is 0.252. The van der Waals surface area contributed by atoms with Gasteiger partial charge in [0.05, 0.1) is 25.8 Å². The second-order valence-corrected chi connectivity index (χ2v) is 7.12. The Balaban J connectivity index is 1.35. The van der Waals surface area contributed by atoms with Crippen molar-refractivity contribution in [1.29, 1.82) is 0 Å². The van der Waals surface area contributed by atoms with E-state index in [1.54, 1.807) is 7.11 Å². The number of aromatic amines is 1. The van der Waals surface area contributed by atoms with Crippen LogP contribution in [-0.2, 0) is 9.47 Å². The third kappa shape index (κ3) is 3.37. The number of hydrogen-bond donors (Lipinski definition) is 2. The molecule has 0 bridgehead atoms. The summed E-state index contributed by atoms with van der Waals surface area (Å²) in [6.07, 6.45) is -1.61. The average molecular weight is 399 g/mol. The van der Waals surface area contributed by atoms with Gasteiger partial charge in [0.2, 0.25) is 5.88 Å². The monoisotopic (exact) mass is 399 g/mol. The Labute approximate surface area is 166 Å². The lowest BCUT2D eigenvalue weighted by molar-refractivity contribution is 0.00706. The van der Waals surface area contributed by atoms with Gasteiger partial charge in [0.1, 0.15) is 29.8 Å². The van der Waals surface area contributed by atoms with Gasteiger partial charge in [-0.15, -0.1) is 0 Å². The predicted molar refractivity (Wildman–Crippen MR) is 102 cm³/mol. The molecule has 4 heterocycles. The number of nitrogens with one attached hydrogen (secondary N) is 1. The molecule has 1 aromatic carbocycles. The molecule has 9 nitrogen and oxygen atoms in total. The smallest absolute Gasteiger partial charge is 0.296 e. The molecule has 2 N–H and O–H groups in total. The van der Waals surface area contributed by atoms with E-state index < -0.39 is 6.10 Å². The molecule has 4 atom stereocenters. The lowest BCUT2D eigenvalue weighted by Gasteiger charge is -2.15. The molecule has 0 radical (unpaired) electrons. The molecule has 5 rings (SSSR count). The minimum Gasteiger partial charge on any atom is -0.497 e. The first-order valence-corrected chi connectivity index (χ1v) is 9.38. The number of imidazole rings is 1. The van der Waals surface area contributed by atoms with E-state index in [9.17, 15) is 5.11 Å². The van der Waals surface area contributed by atoms with Crippen molar-refractivity contribution >= 4 is 11.2 Å². The van der Waals surface area contributed by atoms with Gasteiger partial charge in [-0.05, 0) is 37.3 Å². The minimum atomic E-state index is -0.619. The second kappa shape index (κ2) is 7.18. The van der Waals surface area contributed by atoms with Crippen molar-refractivity contribution in [3.05, 3.63) is 35.9 Å². The zero-order valence-corrected chi connectivity index (χ0v) is 16.0. The first-order chi connectivity index (χ1) is 14.1. The molecule has 0 saturated carbocycles. The molecular formula is C20H21N3O6. The van der Waals surface area contributed by atoms with E-state index in [0.717, 1.165) is 16.8 Å². The van der Waals surface area contributed by atoms with E-state index >= 15 is 0 Å².